The van der Waals surface area contributed by atoms with Gasteiger partial charge in [-0.2, -0.15) is 0 Å². The van der Waals surface area contributed by atoms with Crippen molar-refractivity contribution in [2.75, 3.05) is 23.3 Å². The van der Waals surface area contributed by atoms with E-state index in [2.05, 4.69) is 12.2 Å². The van der Waals surface area contributed by atoms with Gasteiger partial charge in [-0.05, 0) is 56.2 Å². The average molecular weight is 280 g/mol. The molecule has 3 nitrogen and oxygen atoms in total. The summed E-state index contributed by atoms with van der Waals surface area (Å²) in [6, 6.07) is 14.0. The Bertz CT molecular complexity index is 661. The number of fused-ring (bicyclic) bond motifs is 1. The number of hydrogen-bond donors (Lipinski definition) is 1. The van der Waals surface area contributed by atoms with Crippen molar-refractivity contribution in [3.05, 3.63) is 59.2 Å². The van der Waals surface area contributed by atoms with E-state index in [4.69, 9.17) is 0 Å². The first-order valence-corrected chi connectivity index (χ1v) is 7.44. The molecule has 3 heteroatoms. The summed E-state index contributed by atoms with van der Waals surface area (Å²) in [7, 11) is 0. The molecule has 0 fully saturated rings. The molecule has 0 radical (unpaired) electrons. The van der Waals surface area contributed by atoms with Crippen LogP contribution in [0.1, 0.15) is 28.4 Å². The van der Waals surface area contributed by atoms with E-state index in [-0.39, 0.29) is 5.91 Å². The van der Waals surface area contributed by atoms with Gasteiger partial charge >= 0.3 is 0 Å². The Morgan fingerprint density at radius 3 is 2.67 bits per heavy atom. The van der Waals surface area contributed by atoms with Crippen LogP contribution in [0.2, 0.25) is 0 Å². The molecule has 2 aromatic carbocycles. The number of hydrogen-bond acceptors (Lipinski definition) is 2. The Labute approximate surface area is 125 Å². The van der Waals surface area contributed by atoms with Crippen LogP contribution in [0.4, 0.5) is 11.4 Å². The van der Waals surface area contributed by atoms with Crippen molar-refractivity contribution in [3.63, 3.8) is 0 Å². The first-order chi connectivity index (χ1) is 10.2. The fraction of sp³-hybridized carbons (Fsp3) is 0.278. The Balaban J connectivity index is 1.90. The summed E-state index contributed by atoms with van der Waals surface area (Å²) in [6.07, 6.45) is 0.993. The maximum atomic E-state index is 12.8. The van der Waals surface area contributed by atoms with Crippen LogP contribution in [0.3, 0.4) is 0 Å². The second-order valence-electron chi connectivity index (χ2n) is 5.43. The molecule has 0 spiro atoms. The van der Waals surface area contributed by atoms with Crippen molar-refractivity contribution in [1.82, 2.24) is 0 Å². The van der Waals surface area contributed by atoms with Crippen LogP contribution in [-0.4, -0.2) is 19.0 Å². The molecule has 1 heterocycles. The molecule has 0 aromatic heterocycles. The maximum Gasteiger partial charge on any atom is 0.258 e. The first-order valence-electron chi connectivity index (χ1n) is 7.44. The van der Waals surface area contributed by atoms with E-state index >= 15 is 0 Å². The van der Waals surface area contributed by atoms with Gasteiger partial charge in [0.25, 0.3) is 5.91 Å². The first kappa shape index (κ1) is 13.7. The molecule has 0 aliphatic carbocycles. The van der Waals surface area contributed by atoms with Crippen LogP contribution in [0.15, 0.2) is 42.5 Å². The number of aryl methyl sites for hydroxylation is 1. The zero-order chi connectivity index (χ0) is 14.8. The van der Waals surface area contributed by atoms with Crippen molar-refractivity contribution in [1.29, 1.82) is 0 Å². The topological polar surface area (TPSA) is 32.3 Å². The molecule has 108 valence electrons. The summed E-state index contributed by atoms with van der Waals surface area (Å²) in [5.74, 6) is 0.0658. The monoisotopic (exact) mass is 280 g/mol. The average Bonchev–Trinajstić information content (AvgIpc) is 2.97. The minimum Gasteiger partial charge on any atom is -0.384 e. The normalized spacial score (nSPS) is 12.7. The number of amides is 1. The maximum absolute atomic E-state index is 12.8. The number of benzene rings is 2. The van der Waals surface area contributed by atoms with Gasteiger partial charge in [0.05, 0.1) is 0 Å². The third kappa shape index (κ3) is 2.64. The van der Waals surface area contributed by atoms with E-state index in [1.165, 1.54) is 11.1 Å². The Morgan fingerprint density at radius 1 is 1.19 bits per heavy atom. The molecule has 1 aliphatic heterocycles. The molecule has 1 N–H and O–H groups in total. The highest BCUT2D eigenvalue weighted by Gasteiger charge is 2.18. The molecule has 3 rings (SSSR count). The summed E-state index contributed by atoms with van der Waals surface area (Å²) in [5, 5.41) is 3.32. The fourth-order valence-electron chi connectivity index (χ4n) is 2.76. The molecule has 21 heavy (non-hydrogen) atoms. The number of nitrogens with zero attached hydrogens (tertiary/aromatic N) is 1. The minimum atomic E-state index is 0.0658. The van der Waals surface area contributed by atoms with Gasteiger partial charge in [0.2, 0.25) is 0 Å². The third-order valence-corrected chi connectivity index (χ3v) is 3.97. The van der Waals surface area contributed by atoms with Crippen LogP contribution in [0, 0.1) is 6.92 Å². The van der Waals surface area contributed by atoms with E-state index in [0.717, 1.165) is 29.9 Å². The molecule has 0 bridgehead atoms. The quantitative estimate of drug-likeness (QED) is 0.931. The van der Waals surface area contributed by atoms with Crippen LogP contribution in [-0.2, 0) is 6.42 Å². The van der Waals surface area contributed by atoms with Gasteiger partial charge < -0.3 is 10.2 Å². The van der Waals surface area contributed by atoms with Crippen molar-refractivity contribution >= 4 is 17.3 Å². The third-order valence-electron chi connectivity index (χ3n) is 3.97. The van der Waals surface area contributed by atoms with E-state index in [1.807, 2.05) is 54.3 Å². The zero-order valence-electron chi connectivity index (χ0n) is 12.5. The van der Waals surface area contributed by atoms with Gasteiger partial charge in [-0.3, -0.25) is 4.79 Å². The highest BCUT2D eigenvalue weighted by atomic mass is 16.2. The predicted molar refractivity (Wildman–Crippen MR) is 87.2 cm³/mol. The number of carbonyl (C=O) groups is 1. The van der Waals surface area contributed by atoms with Gasteiger partial charge in [0, 0.05) is 30.0 Å². The number of carbonyl (C=O) groups excluding carboxylic acids is 1. The largest absolute Gasteiger partial charge is 0.384 e. The number of nitrogens with one attached hydrogen (secondary N) is 1. The van der Waals surface area contributed by atoms with Gasteiger partial charge in [-0.1, -0.05) is 17.7 Å². The van der Waals surface area contributed by atoms with E-state index in [9.17, 15) is 4.79 Å². The molecular weight excluding hydrogens is 260 g/mol. The molecule has 0 unspecified atom stereocenters. The van der Waals surface area contributed by atoms with Crippen molar-refractivity contribution in [2.45, 2.75) is 20.3 Å². The summed E-state index contributed by atoms with van der Waals surface area (Å²) in [5.41, 5.74) is 5.31. The SMILES string of the molecule is CCN(C(=O)c1ccc2c(c1)CCN2)c1ccc(C)cc1. The Morgan fingerprint density at radius 2 is 1.95 bits per heavy atom. The molecular formula is C18H20N2O. The van der Waals surface area contributed by atoms with Crippen LogP contribution in [0.25, 0.3) is 0 Å². The summed E-state index contributed by atoms with van der Waals surface area (Å²) < 4.78 is 0. The van der Waals surface area contributed by atoms with E-state index in [1.54, 1.807) is 0 Å². The molecule has 1 amide bonds. The highest BCUT2D eigenvalue weighted by Crippen LogP contribution is 2.25. The van der Waals surface area contributed by atoms with Crippen molar-refractivity contribution in [3.8, 4) is 0 Å². The van der Waals surface area contributed by atoms with Crippen molar-refractivity contribution in [2.24, 2.45) is 0 Å². The molecule has 1 aliphatic rings. The molecule has 2 aromatic rings. The lowest BCUT2D eigenvalue weighted by molar-refractivity contribution is 0.0988. The molecule has 0 atom stereocenters. The predicted octanol–water partition coefficient (Wildman–Crippen LogP) is 3.63. The molecule has 0 saturated carbocycles. The van der Waals surface area contributed by atoms with Crippen LogP contribution in [0.5, 0.6) is 0 Å². The lowest BCUT2D eigenvalue weighted by atomic mass is 10.1. The van der Waals surface area contributed by atoms with Crippen LogP contribution >= 0.6 is 0 Å². The zero-order valence-corrected chi connectivity index (χ0v) is 12.5. The Kier molecular flexibility index (Phi) is 3.65. The second kappa shape index (κ2) is 5.60. The van der Waals surface area contributed by atoms with Gasteiger partial charge in [-0.25, -0.2) is 0 Å². The number of rotatable bonds is 3. The molecule has 0 saturated heterocycles. The second-order valence-corrected chi connectivity index (χ2v) is 5.43. The smallest absolute Gasteiger partial charge is 0.258 e. The van der Waals surface area contributed by atoms with E-state index in [0.29, 0.717) is 6.54 Å². The van der Waals surface area contributed by atoms with Crippen LogP contribution < -0.4 is 10.2 Å². The standard InChI is InChI=1S/C18H20N2O/c1-3-20(16-7-4-13(2)5-8-16)18(21)15-6-9-17-14(12-15)10-11-19-17/h4-9,12,19H,3,10-11H2,1-2H3. The van der Waals surface area contributed by atoms with Gasteiger partial charge in [-0.15, -0.1) is 0 Å². The van der Waals surface area contributed by atoms with E-state index < -0.39 is 0 Å². The fourth-order valence-corrected chi connectivity index (χ4v) is 2.76. The lowest BCUT2D eigenvalue weighted by Gasteiger charge is -2.21. The Hall–Kier alpha value is -2.29. The van der Waals surface area contributed by atoms with Crippen molar-refractivity contribution < 1.29 is 4.79 Å². The van der Waals surface area contributed by atoms with Gasteiger partial charge in [0.15, 0.2) is 0 Å². The highest BCUT2D eigenvalue weighted by molar-refractivity contribution is 6.06. The van der Waals surface area contributed by atoms with Gasteiger partial charge in [0.1, 0.15) is 0 Å². The summed E-state index contributed by atoms with van der Waals surface area (Å²) >= 11 is 0. The lowest BCUT2D eigenvalue weighted by Crippen LogP contribution is -2.30. The summed E-state index contributed by atoms with van der Waals surface area (Å²) in [4.78, 5) is 14.6. The minimum absolute atomic E-state index is 0.0658. The number of anilines is 2. The summed E-state index contributed by atoms with van der Waals surface area (Å²) in [6.45, 7) is 5.68.